The number of benzene rings is 2. The normalized spacial score (nSPS) is 19.9. The van der Waals surface area contributed by atoms with Gasteiger partial charge in [0.05, 0.1) is 16.8 Å². The van der Waals surface area contributed by atoms with Crippen molar-refractivity contribution < 1.29 is 27.6 Å². The molecular weight excluding hydrogens is 479 g/mol. The Balaban J connectivity index is 1.31. The van der Waals surface area contributed by atoms with Gasteiger partial charge < -0.3 is 15.5 Å². The molecule has 180 valence electrons. The molecule has 3 heterocycles. The van der Waals surface area contributed by atoms with Gasteiger partial charge in [-0.1, -0.05) is 6.07 Å². The zero-order valence-corrected chi connectivity index (χ0v) is 19.1. The van der Waals surface area contributed by atoms with Crippen LogP contribution in [0.4, 0.5) is 18.9 Å². The lowest BCUT2D eigenvalue weighted by Crippen LogP contribution is -2.55. The van der Waals surface area contributed by atoms with E-state index in [2.05, 4.69) is 10.6 Å². The number of amides is 3. The van der Waals surface area contributed by atoms with Gasteiger partial charge in [-0.15, -0.1) is 0 Å². The van der Waals surface area contributed by atoms with Crippen LogP contribution in [0.2, 0.25) is 0 Å². The molecule has 0 spiro atoms. The molecule has 2 N–H and O–H groups in total. The van der Waals surface area contributed by atoms with Crippen LogP contribution >= 0.6 is 11.3 Å². The second-order valence-corrected chi connectivity index (χ2v) is 9.33. The topological polar surface area (TPSA) is 78.5 Å². The summed E-state index contributed by atoms with van der Waals surface area (Å²) in [6.07, 6.45) is -3.86. The van der Waals surface area contributed by atoms with Crippen LogP contribution in [0.5, 0.6) is 0 Å². The van der Waals surface area contributed by atoms with Gasteiger partial charge in [-0.2, -0.15) is 24.5 Å². The number of alkyl halides is 3. The predicted octanol–water partition coefficient (Wildman–Crippen LogP) is 4.79. The number of piperidine rings is 1. The molecule has 0 radical (unpaired) electrons. The molecule has 3 amide bonds. The summed E-state index contributed by atoms with van der Waals surface area (Å²) in [7, 11) is 0. The minimum absolute atomic E-state index is 0.0928. The first kappa shape index (κ1) is 23.1. The third kappa shape index (κ3) is 4.53. The first-order chi connectivity index (χ1) is 16.7. The first-order valence-corrected chi connectivity index (χ1v) is 11.9. The maximum absolute atomic E-state index is 13.4. The fraction of sp³-hybridized carbons (Fsp3) is 0.240. The SMILES string of the molecule is O=C(N[C@@H]1CCN2C(=O)c3cc(-c4ccsc4)ccc3NC(=O)[C@@H]2C1)c1ccc(C(F)(F)F)cc1. The molecular formula is C25H20F3N3O3S. The number of nitrogens with zero attached hydrogens (tertiary/aromatic N) is 1. The smallest absolute Gasteiger partial charge is 0.349 e. The molecule has 6 nitrogen and oxygen atoms in total. The average Bonchev–Trinajstić information content (AvgIpc) is 3.35. The Bertz CT molecular complexity index is 1290. The van der Waals surface area contributed by atoms with Gasteiger partial charge in [0.1, 0.15) is 6.04 Å². The summed E-state index contributed by atoms with van der Waals surface area (Å²) in [4.78, 5) is 40.5. The monoisotopic (exact) mass is 499 g/mol. The number of hydrogen-bond donors (Lipinski definition) is 2. The van der Waals surface area contributed by atoms with E-state index in [1.54, 1.807) is 23.5 Å². The van der Waals surface area contributed by atoms with Crippen LogP contribution in [0.3, 0.4) is 0 Å². The minimum Gasteiger partial charge on any atom is -0.349 e. The van der Waals surface area contributed by atoms with Gasteiger partial charge in [0.25, 0.3) is 11.8 Å². The van der Waals surface area contributed by atoms with Crippen LogP contribution < -0.4 is 10.6 Å². The van der Waals surface area contributed by atoms with E-state index < -0.39 is 29.7 Å². The van der Waals surface area contributed by atoms with E-state index in [0.29, 0.717) is 17.7 Å². The Morgan fingerprint density at radius 2 is 1.83 bits per heavy atom. The maximum atomic E-state index is 13.4. The van der Waals surface area contributed by atoms with Crippen LogP contribution in [0.15, 0.2) is 59.3 Å². The Hall–Kier alpha value is -3.66. The Morgan fingerprint density at radius 1 is 1.06 bits per heavy atom. The summed E-state index contributed by atoms with van der Waals surface area (Å²) in [5.41, 5.74) is 1.98. The van der Waals surface area contributed by atoms with Crippen molar-refractivity contribution in [2.24, 2.45) is 0 Å². The molecule has 1 saturated heterocycles. The lowest BCUT2D eigenvalue weighted by Gasteiger charge is -2.37. The molecule has 2 atom stereocenters. The number of hydrogen-bond acceptors (Lipinski definition) is 4. The van der Waals surface area contributed by atoms with Gasteiger partial charge in [-0.05, 0) is 77.2 Å². The number of carbonyl (C=O) groups excluding carboxylic acids is 3. The molecule has 2 aromatic carbocycles. The summed E-state index contributed by atoms with van der Waals surface area (Å²) >= 11 is 1.55. The minimum atomic E-state index is -4.48. The highest BCUT2D eigenvalue weighted by Gasteiger charge is 2.40. The number of halogens is 3. The number of fused-ring (bicyclic) bond motifs is 2. The number of thiophene rings is 1. The van der Waals surface area contributed by atoms with Crippen LogP contribution in [-0.2, 0) is 11.0 Å². The highest BCUT2D eigenvalue weighted by atomic mass is 32.1. The lowest BCUT2D eigenvalue weighted by molar-refractivity contribution is -0.137. The van der Waals surface area contributed by atoms with Crippen LogP contribution in [0.25, 0.3) is 11.1 Å². The standard InChI is InChI=1S/C25H20F3N3O3S/c26-25(27,28)17-4-1-14(2-5-17)22(32)29-18-7-9-31-21(12-18)23(33)30-20-6-3-15(11-19(20)24(31)34)16-8-10-35-13-16/h1-6,8,10-11,13,18,21H,7,9,12H2,(H,29,32)(H,30,33)/t18-,21+/m1/s1. The molecule has 2 aliphatic heterocycles. The van der Waals surface area contributed by atoms with Crippen molar-refractivity contribution in [3.63, 3.8) is 0 Å². The molecule has 10 heteroatoms. The van der Waals surface area contributed by atoms with Crippen molar-refractivity contribution in [3.8, 4) is 11.1 Å². The van der Waals surface area contributed by atoms with E-state index in [0.717, 1.165) is 35.4 Å². The largest absolute Gasteiger partial charge is 0.416 e. The summed E-state index contributed by atoms with van der Waals surface area (Å²) in [6.45, 7) is 0.261. The number of anilines is 1. The molecule has 1 aromatic heterocycles. The Labute approximate surface area is 202 Å². The predicted molar refractivity (Wildman–Crippen MR) is 125 cm³/mol. The van der Waals surface area contributed by atoms with Crippen molar-refractivity contribution in [1.29, 1.82) is 0 Å². The molecule has 35 heavy (non-hydrogen) atoms. The zero-order valence-electron chi connectivity index (χ0n) is 18.3. The summed E-state index contributed by atoms with van der Waals surface area (Å²) in [6, 6.07) is 10.1. The third-order valence-corrected chi connectivity index (χ3v) is 7.02. The fourth-order valence-corrected chi connectivity index (χ4v) is 5.14. The molecule has 0 aliphatic carbocycles. The summed E-state index contributed by atoms with van der Waals surface area (Å²) in [5, 5.41) is 9.56. The van der Waals surface area contributed by atoms with Crippen molar-refractivity contribution in [2.45, 2.75) is 31.1 Å². The Kier molecular flexibility index (Phi) is 5.84. The summed E-state index contributed by atoms with van der Waals surface area (Å²) < 4.78 is 38.3. The molecule has 0 saturated carbocycles. The van der Waals surface area contributed by atoms with Crippen molar-refractivity contribution in [1.82, 2.24) is 10.2 Å². The van der Waals surface area contributed by atoms with Crippen molar-refractivity contribution >= 4 is 34.7 Å². The molecule has 1 fully saturated rings. The quantitative estimate of drug-likeness (QED) is 0.544. The van der Waals surface area contributed by atoms with E-state index in [4.69, 9.17) is 0 Å². The molecule has 3 aromatic rings. The van der Waals surface area contributed by atoms with Gasteiger partial charge in [0, 0.05) is 18.2 Å². The van der Waals surface area contributed by atoms with Crippen LogP contribution in [0, 0.1) is 0 Å². The van der Waals surface area contributed by atoms with Gasteiger partial charge in [0.15, 0.2) is 0 Å². The van der Waals surface area contributed by atoms with Crippen LogP contribution in [-0.4, -0.2) is 41.2 Å². The second kappa shape index (κ2) is 8.84. The van der Waals surface area contributed by atoms with E-state index >= 15 is 0 Å². The highest BCUT2D eigenvalue weighted by Crippen LogP contribution is 2.33. The van der Waals surface area contributed by atoms with E-state index in [9.17, 15) is 27.6 Å². The number of carbonyl (C=O) groups is 3. The Morgan fingerprint density at radius 3 is 2.51 bits per heavy atom. The van der Waals surface area contributed by atoms with Crippen molar-refractivity contribution in [2.75, 3.05) is 11.9 Å². The summed E-state index contributed by atoms with van der Waals surface area (Å²) in [5.74, 6) is -1.12. The van der Waals surface area contributed by atoms with Gasteiger partial charge in [-0.25, -0.2) is 0 Å². The van der Waals surface area contributed by atoms with E-state index in [1.165, 1.54) is 4.90 Å². The number of nitrogens with one attached hydrogen (secondary N) is 2. The molecule has 2 aliphatic rings. The number of rotatable bonds is 3. The van der Waals surface area contributed by atoms with Crippen molar-refractivity contribution in [3.05, 3.63) is 76.0 Å². The van der Waals surface area contributed by atoms with Crippen LogP contribution in [0.1, 0.15) is 39.1 Å². The third-order valence-electron chi connectivity index (χ3n) is 6.34. The zero-order chi connectivity index (χ0) is 24.7. The van der Waals surface area contributed by atoms with E-state index in [-0.39, 0.29) is 30.3 Å². The lowest BCUT2D eigenvalue weighted by atomic mass is 9.95. The maximum Gasteiger partial charge on any atom is 0.416 e. The molecule has 0 bridgehead atoms. The molecule has 0 unspecified atom stereocenters. The van der Waals surface area contributed by atoms with Gasteiger partial charge >= 0.3 is 6.18 Å². The average molecular weight is 500 g/mol. The molecule has 5 rings (SSSR count). The van der Waals surface area contributed by atoms with Gasteiger partial charge in [0.2, 0.25) is 5.91 Å². The second-order valence-electron chi connectivity index (χ2n) is 8.55. The highest BCUT2D eigenvalue weighted by molar-refractivity contribution is 7.08. The fourth-order valence-electron chi connectivity index (χ4n) is 4.48. The first-order valence-electron chi connectivity index (χ1n) is 11.0. The van der Waals surface area contributed by atoms with Gasteiger partial charge in [-0.3, -0.25) is 14.4 Å². The van der Waals surface area contributed by atoms with E-state index in [1.807, 2.05) is 22.9 Å².